The number of rotatable bonds is 3. The van der Waals surface area contributed by atoms with Crippen LogP contribution in [-0.2, 0) is 25.9 Å². The van der Waals surface area contributed by atoms with Crippen molar-refractivity contribution in [1.29, 1.82) is 0 Å². The van der Waals surface area contributed by atoms with Gasteiger partial charge in [-0.1, -0.05) is 81.1 Å². The number of aliphatic hydroxyl groups excluding tert-OH is 1. The maximum atomic E-state index is 10.7. The molecule has 2 unspecified atom stereocenters. The molecule has 2 heterocycles. The van der Waals surface area contributed by atoms with Gasteiger partial charge in [-0.2, -0.15) is 12.1 Å². The number of aliphatic hydroxyl groups is 1. The van der Waals surface area contributed by atoms with E-state index in [0.29, 0.717) is 0 Å². The number of methoxy groups -OCH3 is 1. The van der Waals surface area contributed by atoms with Crippen molar-refractivity contribution in [2.24, 2.45) is 0 Å². The number of benzene rings is 3. The maximum absolute atomic E-state index is 10.7. The van der Waals surface area contributed by atoms with Crippen LogP contribution in [0.5, 0.6) is 5.75 Å². The molecule has 2 aromatic heterocycles. The summed E-state index contributed by atoms with van der Waals surface area (Å²) in [6.45, 7) is 1.90. The molecule has 5 aromatic rings. The van der Waals surface area contributed by atoms with E-state index < -0.39 is 0 Å². The number of nitrogens with one attached hydrogen (secondary N) is 2. The second-order valence-corrected chi connectivity index (χ2v) is 9.61. The van der Waals surface area contributed by atoms with Gasteiger partial charge < -0.3 is 31.6 Å². The molecule has 6 rings (SSSR count). The summed E-state index contributed by atoms with van der Waals surface area (Å²) in [5.41, 5.74) is 17.6. The number of hydrogen-bond donors (Lipinski definition) is 1. The van der Waals surface area contributed by atoms with Crippen LogP contribution in [0.25, 0.3) is 44.0 Å². The van der Waals surface area contributed by atoms with Gasteiger partial charge in [-0.3, -0.25) is 9.97 Å². The second-order valence-electron chi connectivity index (χ2n) is 9.61. The normalized spacial score (nSPS) is 16.0. The molecule has 5 N–H and O–H groups in total. The summed E-state index contributed by atoms with van der Waals surface area (Å²) in [4.78, 5) is 19.4. The molecule has 3 aromatic carbocycles. The van der Waals surface area contributed by atoms with E-state index in [9.17, 15) is 4.79 Å². The van der Waals surface area contributed by atoms with Gasteiger partial charge in [0, 0.05) is 36.2 Å². The Bertz CT molecular complexity index is 1450. The third-order valence-corrected chi connectivity index (χ3v) is 6.91. The molecule has 1 fully saturated rings. The first-order chi connectivity index (χ1) is 19.5. The Kier molecular flexibility index (Phi) is 16.7. The minimum absolute atomic E-state index is 0. The number of carbonyl (C=O) groups is 1. The molecule has 1 aliphatic rings. The minimum atomic E-state index is -0.0799. The Hall–Kier alpha value is -3.26. The van der Waals surface area contributed by atoms with Crippen LogP contribution in [0, 0.1) is 0 Å². The van der Waals surface area contributed by atoms with Crippen molar-refractivity contribution < 1.29 is 41.2 Å². The Labute approximate surface area is 262 Å². The number of nitrogens with zero attached hydrogens (tertiary/aromatic N) is 2. The van der Waals surface area contributed by atoms with Crippen LogP contribution >= 0.6 is 0 Å². The predicted octanol–water partition coefficient (Wildman–Crippen LogP) is 7.12. The van der Waals surface area contributed by atoms with Gasteiger partial charge in [0.25, 0.3) is 0 Å². The fourth-order valence-electron chi connectivity index (χ4n) is 4.54. The number of aldehydes is 1. The van der Waals surface area contributed by atoms with E-state index in [1.807, 2.05) is 55.5 Å². The van der Waals surface area contributed by atoms with Crippen LogP contribution in [0.4, 0.5) is 0 Å². The van der Waals surface area contributed by atoms with Crippen molar-refractivity contribution >= 4 is 38.9 Å². The van der Waals surface area contributed by atoms with Crippen molar-refractivity contribution in [2.75, 3.05) is 14.2 Å². The third-order valence-electron chi connectivity index (χ3n) is 6.91. The number of hydrogen-bond acceptors (Lipinski definition) is 5. The first-order valence-corrected chi connectivity index (χ1v) is 13.5. The topological polar surface area (TPSA) is 151 Å². The number of aromatic nitrogens is 2. The molecule has 42 heavy (non-hydrogen) atoms. The molecule has 1 aliphatic carbocycles. The zero-order chi connectivity index (χ0) is 28.9. The van der Waals surface area contributed by atoms with Crippen molar-refractivity contribution in [3.8, 4) is 5.75 Å². The number of carbonyl (C=O) groups excluding carboxylic acids is 1. The van der Waals surface area contributed by atoms with Crippen LogP contribution < -0.4 is 4.74 Å². The molecule has 0 saturated heterocycles. The van der Waals surface area contributed by atoms with Gasteiger partial charge >= 0.3 is 21.1 Å². The van der Waals surface area contributed by atoms with Gasteiger partial charge in [-0.25, -0.2) is 0 Å². The molecule has 0 spiro atoms. The predicted molar refractivity (Wildman–Crippen MR) is 168 cm³/mol. The van der Waals surface area contributed by atoms with Crippen LogP contribution in [-0.4, -0.2) is 53.1 Å². The van der Waals surface area contributed by atoms with Gasteiger partial charge in [0.15, 0.2) is 0 Å². The molecule has 8 nitrogen and oxygen atoms in total. The number of pyridine rings is 2. The molecule has 0 amide bonds. The third kappa shape index (κ3) is 9.93. The van der Waals surface area contributed by atoms with E-state index in [1.165, 1.54) is 12.8 Å². The van der Waals surface area contributed by atoms with E-state index in [0.717, 1.165) is 70.1 Å². The summed E-state index contributed by atoms with van der Waals surface area (Å²) < 4.78 is 5.16. The summed E-state index contributed by atoms with van der Waals surface area (Å²) in [7, 11) is 2.66. The largest absolute Gasteiger partial charge is 2.00 e. The molecule has 1 saturated carbocycles. The number of fused-ring (bicyclic) bond motifs is 4. The van der Waals surface area contributed by atoms with Gasteiger partial charge in [0.1, 0.15) is 12.0 Å². The van der Waals surface area contributed by atoms with Gasteiger partial charge in [0.2, 0.25) is 0 Å². The summed E-state index contributed by atoms with van der Waals surface area (Å²) in [5, 5.41) is 11.5. The van der Waals surface area contributed by atoms with Crippen LogP contribution in [0.15, 0.2) is 85.2 Å². The maximum Gasteiger partial charge on any atom is 2.00 e. The van der Waals surface area contributed by atoms with Gasteiger partial charge in [-0.05, 0) is 40.6 Å². The quantitative estimate of drug-likeness (QED) is 0.154. The zero-order valence-electron chi connectivity index (χ0n) is 24.2. The Balaban J connectivity index is 0.000000312. The molecule has 3 atom stereocenters. The smallest absolute Gasteiger partial charge is 0.676 e. The molecular formula is C33H40N4O4Pt. The summed E-state index contributed by atoms with van der Waals surface area (Å²) in [6, 6.07) is 24.0. The Morgan fingerprint density at radius 1 is 0.810 bits per heavy atom. The van der Waals surface area contributed by atoms with E-state index in [2.05, 4.69) is 34.2 Å². The van der Waals surface area contributed by atoms with E-state index in [4.69, 9.17) is 21.3 Å². The zero-order valence-corrected chi connectivity index (χ0v) is 26.5. The fraction of sp³-hybridized carbons (Fsp3) is 0.303. The van der Waals surface area contributed by atoms with Crippen LogP contribution in [0.2, 0.25) is 0 Å². The van der Waals surface area contributed by atoms with Gasteiger partial charge in [-0.15, -0.1) is 0 Å². The average Bonchev–Trinajstić information content (AvgIpc) is 3.03. The molecule has 0 radical (unpaired) electrons. The number of ether oxygens (including phenoxy) is 1. The molecule has 226 valence electrons. The summed E-state index contributed by atoms with van der Waals surface area (Å²) >= 11 is 0. The molecule has 0 bridgehead atoms. The van der Waals surface area contributed by atoms with Crippen molar-refractivity contribution in [3.05, 3.63) is 102 Å². The van der Waals surface area contributed by atoms with Crippen molar-refractivity contribution in [3.63, 3.8) is 0 Å². The fourth-order valence-corrected chi connectivity index (χ4v) is 4.54. The van der Waals surface area contributed by atoms with Crippen molar-refractivity contribution in [1.82, 2.24) is 9.97 Å². The first-order valence-electron chi connectivity index (χ1n) is 13.5. The Morgan fingerprint density at radius 2 is 1.29 bits per heavy atom. The van der Waals surface area contributed by atoms with E-state index in [1.54, 1.807) is 19.5 Å². The monoisotopic (exact) mass is 751 g/mol. The second kappa shape index (κ2) is 19.0. The standard InChI is InChI=1S/C14H14O2.C12H8N2.C6H12N2.CH4O.H2O.Pt/c1-10(9-15)11-3-4-13-8-14(16-2)6-5-12(13)7-11;1-3-9-5-6-10-4-2-8-14-12(10)11(9)13-7-1;7-5-3-1-2-4-6(5)8;1-2;;/h3-10H,1-2H3;1-8H;5-8H,1-4H2;2H,1H3;1H2;/q;;-2;;;+2/t;;5-,6?;;;/m..0.../s1. The average molecular weight is 752 g/mol. The van der Waals surface area contributed by atoms with Gasteiger partial charge in [0.05, 0.1) is 18.1 Å². The SMILES string of the molecule is CO.COc1ccc2cc(C(C)C=O)ccc2c1.O.[NH-]C1CCCC[C@@H]1[NH-].[Pt+2].c1cnc2c(c1)ccc1cccnc12. The van der Waals surface area contributed by atoms with E-state index in [-0.39, 0.29) is 44.5 Å². The molecular weight excluding hydrogens is 711 g/mol. The minimum Gasteiger partial charge on any atom is -0.676 e. The van der Waals surface area contributed by atoms with Crippen molar-refractivity contribution in [2.45, 2.75) is 50.6 Å². The van der Waals surface area contributed by atoms with Crippen LogP contribution in [0.1, 0.15) is 44.1 Å². The first kappa shape index (κ1) is 36.8. The molecule has 0 aliphatic heterocycles. The summed E-state index contributed by atoms with van der Waals surface area (Å²) in [6.07, 6.45) is 8.81. The van der Waals surface area contributed by atoms with E-state index >= 15 is 0 Å². The molecule has 9 heteroatoms. The summed E-state index contributed by atoms with van der Waals surface area (Å²) in [5.74, 6) is 0.801. The van der Waals surface area contributed by atoms with Crippen LogP contribution in [0.3, 0.4) is 0 Å². The Morgan fingerprint density at radius 3 is 1.76 bits per heavy atom.